The largest absolute Gasteiger partial charge is 0.462 e. The highest BCUT2D eigenvalue weighted by atomic mass is 19.3. The summed E-state index contributed by atoms with van der Waals surface area (Å²) in [6, 6.07) is 3.95. The van der Waals surface area contributed by atoms with Gasteiger partial charge in [0.25, 0.3) is 0 Å². The number of allylic oxidation sites excluding steroid dienone is 1. The van der Waals surface area contributed by atoms with Gasteiger partial charge in [0, 0.05) is 5.56 Å². The van der Waals surface area contributed by atoms with Crippen LogP contribution in [0.2, 0.25) is 0 Å². The van der Waals surface area contributed by atoms with Gasteiger partial charge < -0.3 is 4.74 Å². The summed E-state index contributed by atoms with van der Waals surface area (Å²) in [7, 11) is 0. The molecule has 0 N–H and O–H groups in total. The fraction of sp³-hybridized carbons (Fsp3) is 0.500. The van der Waals surface area contributed by atoms with Gasteiger partial charge in [0.2, 0.25) is 5.67 Å². The zero-order valence-corrected chi connectivity index (χ0v) is 14.7. The van der Waals surface area contributed by atoms with Gasteiger partial charge in [-0.2, -0.15) is 13.9 Å². The number of hydrogen-bond acceptors (Lipinski definition) is 3. The van der Waals surface area contributed by atoms with Crippen LogP contribution in [0.15, 0.2) is 36.3 Å². The van der Waals surface area contributed by atoms with Crippen LogP contribution in [0.1, 0.15) is 49.0 Å². The standard InChI is InChI=1S/C18H19F6NO2/c1-3-5-10-16(20)14(19)11-25(24)17(21,18(16,22)23)13-9-7-6-8-12(13)15(26)27-4-2/h6-9,11H,3-5,10H2,1-2H3. The quantitative estimate of drug-likeness (QED) is 0.275. The van der Waals surface area contributed by atoms with Gasteiger partial charge in [0.15, 0.2) is 5.83 Å². The zero-order valence-electron chi connectivity index (χ0n) is 14.7. The molecule has 27 heavy (non-hydrogen) atoms. The van der Waals surface area contributed by atoms with Crippen LogP contribution < -0.4 is 0 Å². The van der Waals surface area contributed by atoms with Gasteiger partial charge in [-0.15, -0.1) is 0 Å². The Bertz CT molecular complexity index is 740. The first kappa shape index (κ1) is 21.1. The van der Waals surface area contributed by atoms with Crippen molar-refractivity contribution >= 4 is 5.97 Å². The van der Waals surface area contributed by atoms with E-state index >= 15 is 8.78 Å². The Labute approximate surface area is 152 Å². The average molecular weight is 395 g/mol. The first-order valence-corrected chi connectivity index (χ1v) is 8.43. The number of alkyl halides is 4. The van der Waals surface area contributed by atoms with Crippen LogP contribution in [0.25, 0.3) is 0 Å². The zero-order chi connectivity index (χ0) is 20.5. The molecule has 2 rings (SSSR count). The molecule has 1 aliphatic rings. The summed E-state index contributed by atoms with van der Waals surface area (Å²) in [6.45, 7) is 2.82. The molecule has 3 nitrogen and oxygen atoms in total. The topological polar surface area (TPSA) is 29.5 Å². The number of ether oxygens (including phenoxy) is 1. The molecule has 1 heterocycles. The predicted molar refractivity (Wildman–Crippen MR) is 85.6 cm³/mol. The minimum atomic E-state index is -5.18. The minimum Gasteiger partial charge on any atom is -0.462 e. The Morgan fingerprint density at radius 1 is 1.15 bits per heavy atom. The van der Waals surface area contributed by atoms with Crippen molar-refractivity contribution in [3.05, 3.63) is 47.4 Å². The van der Waals surface area contributed by atoms with E-state index in [-0.39, 0.29) is 25.6 Å². The van der Waals surface area contributed by atoms with E-state index in [0.717, 1.165) is 12.1 Å². The second-order valence-corrected chi connectivity index (χ2v) is 6.16. The molecule has 1 aliphatic heterocycles. The van der Waals surface area contributed by atoms with Gasteiger partial charge in [-0.05, 0) is 25.8 Å². The molecule has 0 aliphatic carbocycles. The Kier molecular flexibility index (Phi) is 5.82. The van der Waals surface area contributed by atoms with E-state index in [9.17, 15) is 22.4 Å². The van der Waals surface area contributed by atoms with Crippen LogP contribution in [-0.4, -0.2) is 29.3 Å². The number of unbranched alkanes of at least 4 members (excludes halogenated alkanes) is 1. The van der Waals surface area contributed by atoms with Crippen LogP contribution in [0.3, 0.4) is 0 Å². The molecule has 0 fully saturated rings. The van der Waals surface area contributed by atoms with Crippen molar-refractivity contribution in [3.8, 4) is 0 Å². The third-order valence-corrected chi connectivity index (χ3v) is 4.47. The lowest BCUT2D eigenvalue weighted by Gasteiger charge is -2.46. The molecule has 2 unspecified atom stereocenters. The number of carbonyl (C=O) groups excluding carboxylic acids is 1. The molecule has 9 heteroatoms. The number of benzene rings is 1. The van der Waals surface area contributed by atoms with Crippen LogP contribution in [-0.2, 0) is 10.5 Å². The fourth-order valence-corrected chi connectivity index (χ4v) is 2.98. The van der Waals surface area contributed by atoms with Gasteiger partial charge in [-0.3, -0.25) is 0 Å². The van der Waals surface area contributed by atoms with Crippen molar-refractivity contribution in [2.75, 3.05) is 6.61 Å². The minimum absolute atomic E-state index is 0.153. The van der Waals surface area contributed by atoms with Gasteiger partial charge in [0.05, 0.1) is 18.4 Å². The summed E-state index contributed by atoms with van der Waals surface area (Å²) in [6.07, 6.45) is -1.29. The van der Waals surface area contributed by atoms with Gasteiger partial charge in [-0.25, -0.2) is 18.0 Å². The van der Waals surface area contributed by atoms with Crippen molar-refractivity contribution in [2.45, 2.75) is 50.5 Å². The van der Waals surface area contributed by atoms with E-state index in [0.29, 0.717) is 6.07 Å². The van der Waals surface area contributed by atoms with Crippen LogP contribution in [0.4, 0.5) is 26.4 Å². The molecule has 0 saturated carbocycles. The number of halogens is 6. The van der Waals surface area contributed by atoms with Gasteiger partial charge in [0.1, 0.15) is 0 Å². The van der Waals surface area contributed by atoms with E-state index < -0.39 is 51.8 Å². The fourth-order valence-electron chi connectivity index (χ4n) is 2.98. The molecule has 0 aromatic heterocycles. The molecule has 0 spiro atoms. The van der Waals surface area contributed by atoms with E-state index in [4.69, 9.17) is 0 Å². The molecule has 150 valence electrons. The Balaban J connectivity index is 2.70. The molecule has 0 amide bonds. The highest BCUT2D eigenvalue weighted by Gasteiger charge is 2.76. The summed E-state index contributed by atoms with van der Waals surface area (Å²) in [4.78, 5) is 12.0. The molecule has 0 saturated heterocycles. The lowest BCUT2D eigenvalue weighted by molar-refractivity contribution is -0.315. The number of nitrogens with zero attached hydrogens (tertiary/aromatic N) is 1. The normalized spacial score (nSPS) is 27.3. The Hall–Kier alpha value is -2.19. The first-order valence-electron chi connectivity index (χ1n) is 8.43. The van der Waals surface area contributed by atoms with Crippen molar-refractivity contribution in [3.63, 3.8) is 0 Å². The van der Waals surface area contributed by atoms with Crippen molar-refractivity contribution in [1.29, 1.82) is 0 Å². The van der Waals surface area contributed by atoms with E-state index in [1.54, 1.807) is 6.92 Å². The van der Waals surface area contributed by atoms with Gasteiger partial charge in [-0.1, -0.05) is 36.0 Å². The Morgan fingerprint density at radius 2 is 1.78 bits per heavy atom. The third kappa shape index (κ3) is 3.06. The second-order valence-electron chi connectivity index (χ2n) is 6.16. The molecule has 1 aromatic rings. The summed E-state index contributed by atoms with van der Waals surface area (Å²) in [5, 5.41) is -1.23. The summed E-state index contributed by atoms with van der Waals surface area (Å²) in [5.74, 6) is -12.9. The molecular weight excluding hydrogens is 376 g/mol. The lowest BCUT2D eigenvalue weighted by atomic mass is 9.78. The van der Waals surface area contributed by atoms with Crippen molar-refractivity contribution in [2.24, 2.45) is 0 Å². The van der Waals surface area contributed by atoms with Crippen molar-refractivity contribution < 1.29 is 36.0 Å². The third-order valence-electron chi connectivity index (χ3n) is 4.47. The van der Waals surface area contributed by atoms with Gasteiger partial charge >= 0.3 is 17.7 Å². The van der Waals surface area contributed by atoms with E-state index in [1.807, 2.05) is 0 Å². The molecule has 0 radical (unpaired) electrons. The molecule has 0 bridgehead atoms. The molecular formula is C18H19F6NO2. The maximum atomic E-state index is 15.6. The summed E-state index contributed by atoms with van der Waals surface area (Å²) in [5.41, 5.74) is -5.93. The molecule has 2 atom stereocenters. The second kappa shape index (κ2) is 7.44. The highest BCUT2D eigenvalue weighted by Crippen LogP contribution is 2.59. The smallest absolute Gasteiger partial charge is 0.346 e. The highest BCUT2D eigenvalue weighted by molar-refractivity contribution is 5.91. The van der Waals surface area contributed by atoms with Crippen LogP contribution in [0, 0.1) is 0 Å². The number of hydrogen-bond donors (Lipinski definition) is 0. The summed E-state index contributed by atoms with van der Waals surface area (Å²) < 4.78 is 93.5. The maximum Gasteiger partial charge on any atom is 0.346 e. The first-order chi connectivity index (χ1) is 12.6. The average Bonchev–Trinajstić information content (AvgIpc) is 2.64. The van der Waals surface area contributed by atoms with Crippen LogP contribution >= 0.6 is 0 Å². The maximum absolute atomic E-state index is 15.6. The lowest BCUT2D eigenvalue weighted by Crippen LogP contribution is -2.64. The molecule has 1 aromatic carbocycles. The monoisotopic (exact) mass is 395 g/mol. The van der Waals surface area contributed by atoms with E-state index in [1.165, 1.54) is 13.0 Å². The number of esters is 1. The Morgan fingerprint density at radius 3 is 2.37 bits per heavy atom. The number of rotatable bonds is 6. The predicted octanol–water partition coefficient (Wildman–Crippen LogP) is 5.53. The van der Waals surface area contributed by atoms with Crippen LogP contribution in [0.5, 0.6) is 0 Å². The van der Waals surface area contributed by atoms with Crippen molar-refractivity contribution in [1.82, 2.24) is 5.12 Å². The SMILES string of the molecule is CCCCC1(F)C(F)=CN(F)C(F)(c2ccccc2C(=O)OCC)C1(F)F. The number of carbonyl (C=O) groups is 1. The van der Waals surface area contributed by atoms with E-state index in [2.05, 4.69) is 4.74 Å². The summed E-state index contributed by atoms with van der Waals surface area (Å²) >= 11 is 0.